The van der Waals surface area contributed by atoms with Gasteiger partial charge in [-0.25, -0.2) is 9.97 Å². The number of aromatic nitrogens is 4. The molecule has 0 saturated heterocycles. The number of thiophene rings is 1. The molecule has 10 heteroatoms. The summed E-state index contributed by atoms with van der Waals surface area (Å²) in [6.45, 7) is 0.876. The largest absolute Gasteiger partial charge is 0.396 e. The van der Waals surface area contributed by atoms with Crippen molar-refractivity contribution < 1.29 is 14.1 Å². The molecule has 1 aliphatic carbocycles. The number of pyridine rings is 2. The first-order valence-electron chi connectivity index (χ1n) is 10.6. The Balaban J connectivity index is 1.62. The fourth-order valence-electron chi connectivity index (χ4n) is 4.06. The summed E-state index contributed by atoms with van der Waals surface area (Å²) in [7, 11) is 0.386. The number of ether oxygens (including phenoxy) is 1. The van der Waals surface area contributed by atoms with Crippen LogP contribution >= 0.6 is 11.3 Å². The lowest BCUT2D eigenvalue weighted by Crippen LogP contribution is -2.10. The predicted octanol–water partition coefficient (Wildman–Crippen LogP) is 3.30. The molecule has 4 heterocycles. The Labute approximate surface area is 191 Å². The number of fused-ring (bicyclic) bond motifs is 2. The lowest BCUT2D eigenvalue weighted by Gasteiger charge is -2.27. The van der Waals surface area contributed by atoms with Crippen LogP contribution in [0.15, 0.2) is 28.7 Å². The molecule has 1 atom stereocenters. The third-order valence-electron chi connectivity index (χ3n) is 5.95. The minimum absolute atomic E-state index is 0.0255. The molecule has 0 aliphatic heterocycles. The van der Waals surface area contributed by atoms with Crippen molar-refractivity contribution in [2.24, 2.45) is 0 Å². The van der Waals surface area contributed by atoms with Crippen LogP contribution in [0, 0.1) is 0 Å². The monoisotopic (exact) mass is 471 g/mol. The fraction of sp³-hybridized carbons (Fsp3) is 0.409. The topological polar surface area (TPSA) is 116 Å². The van der Waals surface area contributed by atoms with Crippen molar-refractivity contribution in [3.63, 3.8) is 0 Å². The van der Waals surface area contributed by atoms with Gasteiger partial charge in [-0.3, -0.25) is 8.89 Å². The fourth-order valence-corrected chi connectivity index (χ4v) is 6.63. The zero-order valence-electron chi connectivity index (χ0n) is 17.8. The molecule has 4 aromatic heterocycles. The van der Waals surface area contributed by atoms with Crippen molar-refractivity contribution in [2.45, 2.75) is 35.9 Å². The molecular formula is C22H25N5O3S2. The Bertz CT molecular complexity index is 1310. The molecule has 5 rings (SSSR count). The van der Waals surface area contributed by atoms with Gasteiger partial charge in [0.15, 0.2) is 5.65 Å². The van der Waals surface area contributed by atoms with Crippen LogP contribution in [0.5, 0.6) is 0 Å². The highest BCUT2D eigenvalue weighted by Gasteiger charge is 2.27. The second-order valence-electron chi connectivity index (χ2n) is 8.00. The number of nitrogens with zero attached hydrogens (tertiary/aromatic N) is 4. The maximum absolute atomic E-state index is 12.8. The number of methoxy groups -OCH3 is 1. The average Bonchev–Trinajstić information content (AvgIpc) is 3.30. The molecular weight excluding hydrogens is 446 g/mol. The van der Waals surface area contributed by atoms with E-state index in [4.69, 9.17) is 15.5 Å². The van der Waals surface area contributed by atoms with Gasteiger partial charge in [-0.1, -0.05) is 6.42 Å². The first kappa shape index (κ1) is 21.4. The van der Waals surface area contributed by atoms with Gasteiger partial charge in [-0.15, -0.1) is 11.3 Å². The molecule has 1 saturated carbocycles. The number of nitrogens with two attached hydrogens (primary N) is 1. The van der Waals surface area contributed by atoms with Crippen molar-refractivity contribution >= 4 is 49.1 Å². The minimum Gasteiger partial charge on any atom is -0.396 e. The molecule has 0 bridgehead atoms. The number of hydrogen-bond donors (Lipinski definition) is 2. The first-order chi connectivity index (χ1) is 15.6. The summed E-state index contributed by atoms with van der Waals surface area (Å²) in [5.41, 5.74) is 10.7. The molecule has 1 fully saturated rings. The van der Waals surface area contributed by atoms with Gasteiger partial charge < -0.3 is 15.6 Å². The van der Waals surface area contributed by atoms with E-state index in [2.05, 4.69) is 16.1 Å². The molecule has 32 heavy (non-hydrogen) atoms. The van der Waals surface area contributed by atoms with E-state index in [1.165, 1.54) is 23.3 Å². The second-order valence-corrected chi connectivity index (χ2v) is 10.8. The maximum atomic E-state index is 12.8. The molecule has 4 aromatic rings. The zero-order valence-corrected chi connectivity index (χ0v) is 19.4. The first-order valence-corrected chi connectivity index (χ1v) is 12.8. The van der Waals surface area contributed by atoms with Crippen LogP contribution in [0.1, 0.15) is 30.7 Å². The molecule has 0 amide bonds. The average molecular weight is 472 g/mol. The summed E-state index contributed by atoms with van der Waals surface area (Å²) >= 11 is 1.42. The van der Waals surface area contributed by atoms with Gasteiger partial charge in [0.2, 0.25) is 0 Å². The quantitative estimate of drug-likeness (QED) is 0.405. The summed E-state index contributed by atoms with van der Waals surface area (Å²) in [6.07, 6.45) is 7.12. The maximum Gasteiger partial charge on any atom is 0.181 e. The van der Waals surface area contributed by atoms with Crippen LogP contribution in [0.25, 0.3) is 32.5 Å². The Kier molecular flexibility index (Phi) is 5.93. The normalized spacial score (nSPS) is 15.4. The van der Waals surface area contributed by atoms with E-state index in [1.54, 1.807) is 18.0 Å². The van der Waals surface area contributed by atoms with Crippen molar-refractivity contribution in [3.8, 4) is 11.3 Å². The van der Waals surface area contributed by atoms with Crippen LogP contribution < -0.4 is 5.73 Å². The second kappa shape index (κ2) is 8.86. The lowest BCUT2D eigenvalue weighted by molar-refractivity contribution is 0.218. The highest BCUT2D eigenvalue weighted by atomic mass is 32.2. The lowest BCUT2D eigenvalue weighted by atomic mass is 9.79. The Morgan fingerprint density at radius 2 is 2.22 bits per heavy atom. The van der Waals surface area contributed by atoms with E-state index >= 15 is 0 Å². The van der Waals surface area contributed by atoms with Gasteiger partial charge in [0.05, 0.1) is 47.7 Å². The summed E-state index contributed by atoms with van der Waals surface area (Å²) < 4.78 is 20.3. The zero-order chi connectivity index (χ0) is 22.2. The van der Waals surface area contributed by atoms with Crippen LogP contribution in [0.2, 0.25) is 0 Å². The van der Waals surface area contributed by atoms with Crippen molar-refractivity contribution in [3.05, 3.63) is 30.1 Å². The third kappa shape index (κ3) is 3.81. The van der Waals surface area contributed by atoms with Gasteiger partial charge >= 0.3 is 0 Å². The van der Waals surface area contributed by atoms with Crippen LogP contribution in [0.3, 0.4) is 0 Å². The molecule has 0 unspecified atom stereocenters. The molecule has 0 aromatic carbocycles. The number of anilines is 1. The van der Waals surface area contributed by atoms with Crippen molar-refractivity contribution in [1.82, 2.24) is 19.7 Å². The smallest absolute Gasteiger partial charge is 0.181 e. The van der Waals surface area contributed by atoms with Crippen LogP contribution in [0.4, 0.5) is 5.69 Å². The summed E-state index contributed by atoms with van der Waals surface area (Å²) in [4.78, 5) is 10.2. The predicted molar refractivity (Wildman–Crippen MR) is 127 cm³/mol. The van der Waals surface area contributed by atoms with E-state index in [0.29, 0.717) is 40.4 Å². The van der Waals surface area contributed by atoms with E-state index in [1.807, 2.05) is 12.3 Å². The number of hydrogen-bond acceptors (Lipinski definition) is 8. The highest BCUT2D eigenvalue weighted by molar-refractivity contribution is 7.87. The number of rotatable bonds is 8. The van der Waals surface area contributed by atoms with Crippen LogP contribution in [-0.2, 0) is 22.1 Å². The molecule has 0 radical (unpaired) electrons. The Morgan fingerprint density at radius 1 is 1.38 bits per heavy atom. The Hall–Kier alpha value is -2.40. The highest BCUT2D eigenvalue weighted by Crippen LogP contribution is 2.46. The van der Waals surface area contributed by atoms with Crippen LogP contribution in [-0.4, -0.2) is 55.1 Å². The van der Waals surface area contributed by atoms with E-state index in [-0.39, 0.29) is 6.61 Å². The van der Waals surface area contributed by atoms with Crippen molar-refractivity contribution in [2.75, 3.05) is 31.8 Å². The van der Waals surface area contributed by atoms with Crippen molar-refractivity contribution in [1.29, 1.82) is 0 Å². The molecule has 8 nitrogen and oxygen atoms in total. The number of aliphatic hydroxyl groups is 1. The van der Waals surface area contributed by atoms with Gasteiger partial charge in [0, 0.05) is 35.8 Å². The standard InChI is InChI=1S/C22H25N5O3S2/c1-30-7-8-32(29)22-19(23)18-16(13-3-2-4-13)10-17(25-21(18)31-22)14-9-15-12-27(5-6-28)26-20(15)24-11-14/h9-13,28H,2-8,23H2,1H3/t32-/m0/s1. The third-order valence-corrected chi connectivity index (χ3v) is 8.82. The SMILES string of the molecule is COCC[S@](=O)c1sc2nc(-c3cnc4nn(CCO)cc4c3)cc(C3CCC3)c2c1N. The molecule has 168 valence electrons. The number of nitrogen functional groups attached to an aromatic ring is 1. The van der Waals surface area contributed by atoms with E-state index in [9.17, 15) is 9.32 Å². The molecule has 3 N–H and O–H groups in total. The summed E-state index contributed by atoms with van der Waals surface area (Å²) in [5, 5.41) is 15.4. The minimum atomic E-state index is -1.22. The van der Waals surface area contributed by atoms with Gasteiger partial charge in [0.25, 0.3) is 0 Å². The van der Waals surface area contributed by atoms with E-state index < -0.39 is 10.8 Å². The van der Waals surface area contributed by atoms with Gasteiger partial charge in [0.1, 0.15) is 9.04 Å². The van der Waals surface area contributed by atoms with E-state index in [0.717, 1.165) is 39.7 Å². The molecule has 0 spiro atoms. The van der Waals surface area contributed by atoms with Gasteiger partial charge in [-0.2, -0.15) is 5.10 Å². The Morgan fingerprint density at radius 3 is 2.94 bits per heavy atom. The summed E-state index contributed by atoms with van der Waals surface area (Å²) in [6, 6.07) is 4.15. The molecule has 1 aliphatic rings. The van der Waals surface area contributed by atoms with Gasteiger partial charge in [-0.05, 0) is 36.5 Å². The number of aliphatic hydroxyl groups excluding tert-OH is 1. The summed E-state index contributed by atoms with van der Waals surface area (Å²) in [5.74, 6) is 0.859.